The van der Waals surface area contributed by atoms with E-state index >= 15 is 0 Å². The van der Waals surface area contributed by atoms with E-state index in [2.05, 4.69) is 4.90 Å². The number of hydrogen-bond donors (Lipinski definition) is 1. The first-order valence-corrected chi connectivity index (χ1v) is 8.02. The fourth-order valence-corrected chi connectivity index (χ4v) is 4.06. The van der Waals surface area contributed by atoms with Gasteiger partial charge >= 0.3 is 0 Å². The summed E-state index contributed by atoms with van der Waals surface area (Å²) < 4.78 is 1.02. The molecule has 0 saturated carbocycles. The van der Waals surface area contributed by atoms with Crippen molar-refractivity contribution in [3.63, 3.8) is 0 Å². The first-order chi connectivity index (χ1) is 9.11. The van der Waals surface area contributed by atoms with Crippen molar-refractivity contribution in [2.24, 2.45) is 0 Å². The standard InChI is InChI=1S/C13H17Cl2NO2S/c14-12-7-10(13(15)19-12)11(18)8-16-5-1-3-9(16)4-2-6-17/h7,9,17H,1-6,8H2. The molecule has 1 aromatic rings. The summed E-state index contributed by atoms with van der Waals surface area (Å²) in [6, 6.07) is 2.05. The molecule has 1 unspecified atom stereocenters. The molecule has 1 saturated heterocycles. The zero-order valence-corrected chi connectivity index (χ0v) is 12.9. The smallest absolute Gasteiger partial charge is 0.179 e. The monoisotopic (exact) mass is 321 g/mol. The molecule has 1 fully saturated rings. The molecule has 3 nitrogen and oxygen atoms in total. The van der Waals surface area contributed by atoms with Crippen LogP contribution in [0.3, 0.4) is 0 Å². The van der Waals surface area contributed by atoms with Crippen LogP contribution in [-0.4, -0.2) is 41.5 Å². The summed E-state index contributed by atoms with van der Waals surface area (Å²) in [7, 11) is 0. The van der Waals surface area contributed by atoms with Gasteiger partial charge in [0.2, 0.25) is 0 Å². The van der Waals surface area contributed by atoms with E-state index in [1.807, 2.05) is 0 Å². The molecule has 1 aliphatic rings. The number of aliphatic hydroxyl groups excluding tert-OH is 1. The molecular weight excluding hydrogens is 305 g/mol. The average Bonchev–Trinajstić information content (AvgIpc) is 2.93. The van der Waals surface area contributed by atoms with E-state index in [0.717, 1.165) is 32.2 Å². The molecule has 0 amide bonds. The maximum Gasteiger partial charge on any atom is 0.179 e. The summed E-state index contributed by atoms with van der Waals surface area (Å²) in [5.41, 5.74) is 0.532. The maximum absolute atomic E-state index is 12.2. The topological polar surface area (TPSA) is 40.5 Å². The van der Waals surface area contributed by atoms with Crippen molar-refractivity contribution in [1.29, 1.82) is 0 Å². The molecule has 1 N–H and O–H groups in total. The summed E-state index contributed by atoms with van der Waals surface area (Å²) in [6.07, 6.45) is 3.95. The van der Waals surface area contributed by atoms with Gasteiger partial charge in [0.1, 0.15) is 4.34 Å². The third-order valence-electron chi connectivity index (χ3n) is 3.50. The van der Waals surface area contributed by atoms with Crippen LogP contribution in [0.2, 0.25) is 8.67 Å². The molecule has 2 rings (SSSR count). The fourth-order valence-electron chi connectivity index (χ4n) is 2.56. The summed E-state index contributed by atoms with van der Waals surface area (Å²) in [4.78, 5) is 14.4. The van der Waals surface area contributed by atoms with Gasteiger partial charge in [0, 0.05) is 12.6 Å². The minimum atomic E-state index is 0.0315. The Balaban J connectivity index is 1.96. The van der Waals surface area contributed by atoms with Crippen LogP contribution < -0.4 is 0 Å². The maximum atomic E-state index is 12.2. The second-order valence-electron chi connectivity index (χ2n) is 4.79. The molecule has 1 aliphatic heterocycles. The second-order valence-corrected chi connectivity index (χ2v) is 7.08. The minimum absolute atomic E-state index is 0.0315. The van der Waals surface area contributed by atoms with Crippen molar-refractivity contribution in [3.8, 4) is 0 Å². The first-order valence-electron chi connectivity index (χ1n) is 6.44. The van der Waals surface area contributed by atoms with Gasteiger partial charge in [-0.2, -0.15) is 0 Å². The van der Waals surface area contributed by atoms with Gasteiger partial charge in [-0.3, -0.25) is 9.69 Å². The third kappa shape index (κ3) is 3.92. The number of Topliss-reactive ketones (excluding diaryl/α,β-unsaturated/α-hetero) is 1. The highest BCUT2D eigenvalue weighted by atomic mass is 35.5. The van der Waals surface area contributed by atoms with Crippen molar-refractivity contribution in [2.45, 2.75) is 31.7 Å². The molecule has 1 aromatic heterocycles. The Labute approximate surface area is 127 Å². The molecule has 1 atom stereocenters. The molecule has 0 spiro atoms. The SMILES string of the molecule is O=C(CN1CCCC1CCCO)c1cc(Cl)sc1Cl. The Morgan fingerprint density at radius 2 is 2.32 bits per heavy atom. The highest BCUT2D eigenvalue weighted by molar-refractivity contribution is 7.20. The quantitative estimate of drug-likeness (QED) is 0.815. The van der Waals surface area contributed by atoms with E-state index in [9.17, 15) is 4.79 Å². The van der Waals surface area contributed by atoms with Crippen LogP contribution in [0.15, 0.2) is 6.07 Å². The largest absolute Gasteiger partial charge is 0.396 e. The van der Waals surface area contributed by atoms with Crippen molar-refractivity contribution >= 4 is 40.3 Å². The van der Waals surface area contributed by atoms with Gasteiger partial charge in [-0.05, 0) is 38.3 Å². The van der Waals surface area contributed by atoms with E-state index < -0.39 is 0 Å². The highest BCUT2D eigenvalue weighted by Crippen LogP contribution is 2.32. The number of carbonyl (C=O) groups excluding carboxylic acids is 1. The highest BCUT2D eigenvalue weighted by Gasteiger charge is 2.27. The lowest BCUT2D eigenvalue weighted by molar-refractivity contribution is 0.0916. The molecule has 106 valence electrons. The van der Waals surface area contributed by atoms with Gasteiger partial charge in [-0.25, -0.2) is 0 Å². The van der Waals surface area contributed by atoms with E-state index in [1.54, 1.807) is 6.07 Å². The van der Waals surface area contributed by atoms with E-state index in [0.29, 0.717) is 26.8 Å². The summed E-state index contributed by atoms with van der Waals surface area (Å²) >= 11 is 13.1. The predicted molar refractivity (Wildman–Crippen MR) is 79.6 cm³/mol. The van der Waals surface area contributed by atoms with Crippen molar-refractivity contribution in [3.05, 3.63) is 20.3 Å². The van der Waals surface area contributed by atoms with E-state index in [4.69, 9.17) is 28.3 Å². The van der Waals surface area contributed by atoms with Gasteiger partial charge in [0.25, 0.3) is 0 Å². The van der Waals surface area contributed by atoms with Crippen LogP contribution in [0, 0.1) is 0 Å². The van der Waals surface area contributed by atoms with Crippen LogP contribution in [-0.2, 0) is 0 Å². The van der Waals surface area contributed by atoms with Crippen LogP contribution in [0.25, 0.3) is 0 Å². The van der Waals surface area contributed by atoms with Crippen molar-refractivity contribution < 1.29 is 9.90 Å². The normalized spacial score (nSPS) is 20.1. The Morgan fingerprint density at radius 3 is 2.95 bits per heavy atom. The first kappa shape index (κ1) is 15.3. The van der Waals surface area contributed by atoms with Gasteiger partial charge in [-0.15, -0.1) is 11.3 Å². The molecule has 0 radical (unpaired) electrons. The lowest BCUT2D eigenvalue weighted by atomic mass is 10.1. The third-order valence-corrected chi connectivity index (χ3v) is 4.99. The molecule has 0 aliphatic carbocycles. The van der Waals surface area contributed by atoms with Crippen LogP contribution >= 0.6 is 34.5 Å². The zero-order valence-electron chi connectivity index (χ0n) is 10.6. The number of thiophene rings is 1. The van der Waals surface area contributed by atoms with Crippen molar-refractivity contribution in [1.82, 2.24) is 4.90 Å². The number of carbonyl (C=O) groups is 1. The minimum Gasteiger partial charge on any atom is -0.396 e. The van der Waals surface area contributed by atoms with Crippen LogP contribution in [0.5, 0.6) is 0 Å². The lowest BCUT2D eigenvalue weighted by Gasteiger charge is -2.23. The Kier molecular flexibility index (Phi) is 5.66. The molecule has 2 heterocycles. The lowest BCUT2D eigenvalue weighted by Crippen LogP contribution is -2.34. The number of ketones is 1. The van der Waals surface area contributed by atoms with Gasteiger partial charge in [-0.1, -0.05) is 23.2 Å². The number of nitrogens with zero attached hydrogens (tertiary/aromatic N) is 1. The van der Waals surface area contributed by atoms with Gasteiger partial charge in [0.05, 0.1) is 16.4 Å². The van der Waals surface area contributed by atoms with Crippen LogP contribution in [0.1, 0.15) is 36.0 Å². The number of rotatable bonds is 6. The summed E-state index contributed by atoms with van der Waals surface area (Å²) in [6.45, 7) is 1.55. The van der Waals surface area contributed by atoms with Crippen LogP contribution in [0.4, 0.5) is 0 Å². The van der Waals surface area contributed by atoms with Gasteiger partial charge < -0.3 is 5.11 Å². The second kappa shape index (κ2) is 7.04. The number of halogens is 2. The number of aliphatic hydroxyl groups is 1. The molecular formula is C13H17Cl2NO2S. The zero-order chi connectivity index (χ0) is 13.8. The number of hydrogen-bond acceptors (Lipinski definition) is 4. The average molecular weight is 322 g/mol. The number of likely N-dealkylation sites (tertiary alicyclic amines) is 1. The molecule has 19 heavy (non-hydrogen) atoms. The summed E-state index contributed by atoms with van der Waals surface area (Å²) in [5.74, 6) is 0.0315. The Bertz CT molecular complexity index is 450. The molecule has 6 heteroatoms. The Hall–Kier alpha value is -0.130. The van der Waals surface area contributed by atoms with E-state index in [-0.39, 0.29) is 12.4 Å². The fraction of sp³-hybridized carbons (Fsp3) is 0.615. The van der Waals surface area contributed by atoms with E-state index in [1.165, 1.54) is 11.3 Å². The molecule has 0 aromatic carbocycles. The van der Waals surface area contributed by atoms with Gasteiger partial charge in [0.15, 0.2) is 5.78 Å². The predicted octanol–water partition coefficient (Wildman–Crippen LogP) is 3.47. The summed E-state index contributed by atoms with van der Waals surface area (Å²) in [5, 5.41) is 8.90. The van der Waals surface area contributed by atoms with Crippen molar-refractivity contribution in [2.75, 3.05) is 19.7 Å². The molecule has 0 bridgehead atoms. The Morgan fingerprint density at radius 1 is 1.53 bits per heavy atom.